The Bertz CT molecular complexity index is 759. The Labute approximate surface area is 155 Å². The predicted octanol–water partition coefficient (Wildman–Crippen LogP) is 2.03. The Morgan fingerprint density at radius 2 is 2.21 bits per heavy atom. The Morgan fingerprint density at radius 1 is 1.50 bits per heavy atom. The number of aromatic nitrogens is 3. The first-order chi connectivity index (χ1) is 11.2. The van der Waals surface area contributed by atoms with E-state index in [0.29, 0.717) is 8.96 Å². The third kappa shape index (κ3) is 3.25. The number of ether oxygens (including phenoxy) is 2. The van der Waals surface area contributed by atoms with Gasteiger partial charge in [-0.15, -0.1) is 0 Å². The van der Waals surface area contributed by atoms with Crippen molar-refractivity contribution < 1.29 is 24.1 Å². The summed E-state index contributed by atoms with van der Waals surface area (Å²) >= 11 is 8.02. The minimum absolute atomic E-state index is 0.0561. The summed E-state index contributed by atoms with van der Waals surface area (Å²) in [6.45, 7) is 3.21. The number of alkyl halides is 1. The number of aliphatic hydroxyl groups is 2. The van der Waals surface area contributed by atoms with Crippen LogP contribution in [0.4, 0.5) is 4.39 Å². The number of hydrogen-bond donors (Lipinski definition) is 2. The van der Waals surface area contributed by atoms with E-state index in [9.17, 15) is 14.6 Å². The Kier molecular flexibility index (Phi) is 5.02. The van der Waals surface area contributed by atoms with Gasteiger partial charge < -0.3 is 19.7 Å². The first-order valence-corrected chi connectivity index (χ1v) is 8.65. The number of rotatable bonds is 3. The average molecular weight is 472 g/mol. The van der Waals surface area contributed by atoms with Gasteiger partial charge >= 0.3 is 0 Å². The van der Waals surface area contributed by atoms with Gasteiger partial charge in [-0.1, -0.05) is 11.6 Å². The number of aliphatic hydroxyl groups excluding tert-OH is 2. The molecule has 24 heavy (non-hydrogen) atoms. The third-order valence-corrected chi connectivity index (χ3v) is 4.91. The summed E-state index contributed by atoms with van der Waals surface area (Å²) in [6.07, 6.45) is -3.10. The van der Waals surface area contributed by atoms with E-state index < -0.39 is 30.4 Å². The van der Waals surface area contributed by atoms with Crippen LogP contribution in [0, 0.1) is 3.57 Å². The van der Waals surface area contributed by atoms with Gasteiger partial charge in [0.1, 0.15) is 35.4 Å². The standard InChI is InChI=1S/C14H16ClFIN3O4/c1-14(2)23-4-7(21)10(24-14)9(22)12(16)20-3-6(17)8-11(15)18-5-19-13(8)20/h3,5,7,9-10,12,21-22H,4H2,1-2H3/t7-,9-,10-,12?/m1/s1. The van der Waals surface area contributed by atoms with E-state index in [-0.39, 0.29) is 17.4 Å². The molecule has 1 saturated heterocycles. The summed E-state index contributed by atoms with van der Waals surface area (Å²) in [5.41, 5.74) is 0.256. The van der Waals surface area contributed by atoms with Crippen molar-refractivity contribution in [3.8, 4) is 0 Å². The monoisotopic (exact) mass is 471 g/mol. The lowest BCUT2D eigenvalue weighted by Gasteiger charge is -2.41. The Hall–Kier alpha value is -0.590. The third-order valence-electron chi connectivity index (χ3n) is 3.80. The van der Waals surface area contributed by atoms with Crippen molar-refractivity contribution in [1.82, 2.24) is 14.5 Å². The molecular formula is C14H16ClFIN3O4. The SMILES string of the molecule is CC1(C)OC[C@@H](O)[C@H]([C@@H](O)C(F)n2cc(I)c3c(Cl)ncnc32)O1. The number of halogens is 3. The normalized spacial score (nSPS) is 26.5. The summed E-state index contributed by atoms with van der Waals surface area (Å²) in [5.74, 6) is -1.02. The molecule has 3 rings (SSSR count). The highest BCUT2D eigenvalue weighted by Crippen LogP contribution is 2.33. The van der Waals surface area contributed by atoms with Crippen LogP contribution in [0.2, 0.25) is 5.15 Å². The maximum Gasteiger partial charge on any atom is 0.206 e. The van der Waals surface area contributed by atoms with Crippen LogP contribution in [-0.2, 0) is 9.47 Å². The minimum atomic E-state index is -1.89. The quantitative estimate of drug-likeness (QED) is 0.526. The van der Waals surface area contributed by atoms with Crippen LogP contribution in [-0.4, -0.2) is 55.5 Å². The molecule has 10 heteroatoms. The molecule has 0 aromatic carbocycles. The van der Waals surface area contributed by atoms with E-state index in [1.54, 1.807) is 13.8 Å². The highest BCUT2D eigenvalue weighted by atomic mass is 127. The zero-order valence-electron chi connectivity index (χ0n) is 12.9. The van der Waals surface area contributed by atoms with Gasteiger partial charge in [0, 0.05) is 9.77 Å². The first-order valence-electron chi connectivity index (χ1n) is 7.20. The molecule has 0 radical (unpaired) electrons. The summed E-state index contributed by atoms with van der Waals surface area (Å²) in [6, 6.07) is 0. The lowest BCUT2D eigenvalue weighted by Crippen LogP contribution is -2.54. The van der Waals surface area contributed by atoms with E-state index in [1.165, 1.54) is 12.5 Å². The number of hydrogen-bond acceptors (Lipinski definition) is 6. The van der Waals surface area contributed by atoms with Gasteiger partial charge in [-0.05, 0) is 36.4 Å². The van der Waals surface area contributed by atoms with E-state index in [4.69, 9.17) is 21.1 Å². The van der Waals surface area contributed by atoms with Crippen LogP contribution in [0.25, 0.3) is 11.0 Å². The highest BCUT2D eigenvalue weighted by molar-refractivity contribution is 14.1. The summed E-state index contributed by atoms with van der Waals surface area (Å²) in [5, 5.41) is 21.1. The second-order valence-electron chi connectivity index (χ2n) is 5.97. The van der Waals surface area contributed by atoms with Gasteiger partial charge in [0.05, 0.1) is 12.0 Å². The minimum Gasteiger partial charge on any atom is -0.388 e. The van der Waals surface area contributed by atoms with Crippen LogP contribution in [0.3, 0.4) is 0 Å². The first kappa shape index (κ1) is 18.2. The maximum absolute atomic E-state index is 15.0. The van der Waals surface area contributed by atoms with Crippen molar-refractivity contribution >= 4 is 45.2 Å². The fourth-order valence-corrected chi connectivity index (χ4v) is 3.82. The molecule has 132 valence electrons. The topological polar surface area (TPSA) is 89.6 Å². The average Bonchev–Trinajstić information content (AvgIpc) is 2.86. The molecule has 0 aliphatic carbocycles. The van der Waals surface area contributed by atoms with E-state index in [0.717, 1.165) is 4.57 Å². The van der Waals surface area contributed by atoms with Crippen molar-refractivity contribution in [3.05, 3.63) is 21.2 Å². The van der Waals surface area contributed by atoms with Gasteiger partial charge in [0.25, 0.3) is 0 Å². The van der Waals surface area contributed by atoms with Crippen LogP contribution in [0.15, 0.2) is 12.5 Å². The van der Waals surface area contributed by atoms with Crippen LogP contribution in [0.1, 0.15) is 20.1 Å². The number of fused-ring (bicyclic) bond motifs is 1. The second kappa shape index (κ2) is 6.61. The molecule has 0 bridgehead atoms. The van der Waals surface area contributed by atoms with Gasteiger partial charge in [-0.25, -0.2) is 14.4 Å². The van der Waals surface area contributed by atoms with E-state index >= 15 is 0 Å². The largest absolute Gasteiger partial charge is 0.388 e. The van der Waals surface area contributed by atoms with Gasteiger partial charge in [-0.2, -0.15) is 0 Å². The molecule has 2 N–H and O–H groups in total. The predicted molar refractivity (Wildman–Crippen MR) is 92.3 cm³/mol. The van der Waals surface area contributed by atoms with E-state index in [1.807, 2.05) is 22.6 Å². The molecule has 2 aromatic heterocycles. The molecule has 0 amide bonds. The fourth-order valence-electron chi connectivity index (χ4n) is 2.63. The van der Waals surface area contributed by atoms with Gasteiger partial charge in [0.15, 0.2) is 5.79 Å². The zero-order chi connectivity index (χ0) is 17.6. The van der Waals surface area contributed by atoms with Gasteiger partial charge in [-0.3, -0.25) is 4.57 Å². The molecule has 1 aliphatic heterocycles. The van der Waals surface area contributed by atoms with Crippen LogP contribution < -0.4 is 0 Å². The molecule has 4 atom stereocenters. The molecule has 1 fully saturated rings. The smallest absolute Gasteiger partial charge is 0.206 e. The Morgan fingerprint density at radius 3 is 2.92 bits per heavy atom. The molecule has 2 aromatic rings. The maximum atomic E-state index is 15.0. The Balaban J connectivity index is 1.94. The lowest BCUT2D eigenvalue weighted by atomic mass is 10.1. The summed E-state index contributed by atoms with van der Waals surface area (Å²) in [7, 11) is 0. The molecule has 1 unspecified atom stereocenters. The highest BCUT2D eigenvalue weighted by Gasteiger charge is 2.43. The van der Waals surface area contributed by atoms with E-state index in [2.05, 4.69) is 9.97 Å². The molecule has 0 saturated carbocycles. The van der Waals surface area contributed by atoms with Crippen molar-refractivity contribution in [2.75, 3.05) is 6.61 Å². The van der Waals surface area contributed by atoms with Crippen LogP contribution in [0.5, 0.6) is 0 Å². The van der Waals surface area contributed by atoms with Crippen molar-refractivity contribution in [2.45, 2.75) is 44.2 Å². The second-order valence-corrected chi connectivity index (χ2v) is 7.49. The molecular weight excluding hydrogens is 456 g/mol. The molecule has 0 spiro atoms. The fraction of sp³-hybridized carbons (Fsp3) is 0.571. The molecule has 1 aliphatic rings. The van der Waals surface area contributed by atoms with Gasteiger partial charge in [0.2, 0.25) is 6.30 Å². The molecule has 3 heterocycles. The van der Waals surface area contributed by atoms with Crippen molar-refractivity contribution in [1.29, 1.82) is 0 Å². The van der Waals surface area contributed by atoms with Crippen molar-refractivity contribution in [3.63, 3.8) is 0 Å². The molecule has 7 nitrogen and oxygen atoms in total. The summed E-state index contributed by atoms with van der Waals surface area (Å²) in [4.78, 5) is 7.92. The van der Waals surface area contributed by atoms with Crippen LogP contribution >= 0.6 is 34.2 Å². The lowest BCUT2D eigenvalue weighted by molar-refractivity contribution is -0.324. The number of nitrogens with zero attached hydrogens (tertiary/aromatic N) is 3. The van der Waals surface area contributed by atoms with Crippen molar-refractivity contribution in [2.24, 2.45) is 0 Å². The zero-order valence-corrected chi connectivity index (χ0v) is 15.8. The summed E-state index contributed by atoms with van der Waals surface area (Å²) < 4.78 is 27.6.